The van der Waals surface area contributed by atoms with Gasteiger partial charge in [0.15, 0.2) is 0 Å². The van der Waals surface area contributed by atoms with Crippen LogP contribution in [-0.2, 0) is 0 Å². The van der Waals surface area contributed by atoms with Gasteiger partial charge in [0.1, 0.15) is 0 Å². The van der Waals surface area contributed by atoms with E-state index in [0.717, 1.165) is 12.5 Å². The standard InChI is InChI=1S/C11H21NO/c13-8-9-6-7-12-11-5-3-1-2-4-10(9)11/h9-13H,1-8H2. The minimum absolute atomic E-state index is 0.406. The maximum Gasteiger partial charge on any atom is 0.0462 e. The van der Waals surface area contributed by atoms with Crippen LogP contribution in [0.2, 0.25) is 0 Å². The average Bonchev–Trinajstić information content (AvgIpc) is 2.41. The summed E-state index contributed by atoms with van der Waals surface area (Å²) >= 11 is 0. The number of rotatable bonds is 1. The number of fused-ring (bicyclic) bond motifs is 1. The number of aliphatic hydroxyl groups excluding tert-OH is 1. The second kappa shape index (κ2) is 4.43. The van der Waals surface area contributed by atoms with Crippen LogP contribution in [-0.4, -0.2) is 24.3 Å². The maximum atomic E-state index is 9.29. The van der Waals surface area contributed by atoms with Gasteiger partial charge in [-0.3, -0.25) is 0 Å². The van der Waals surface area contributed by atoms with E-state index in [9.17, 15) is 5.11 Å². The van der Waals surface area contributed by atoms with Crippen molar-refractivity contribution in [3.05, 3.63) is 0 Å². The van der Waals surface area contributed by atoms with Crippen molar-refractivity contribution in [1.29, 1.82) is 0 Å². The second-order valence-electron chi connectivity index (χ2n) is 4.59. The van der Waals surface area contributed by atoms with Crippen molar-refractivity contribution >= 4 is 0 Å². The Balaban J connectivity index is 2.00. The van der Waals surface area contributed by atoms with Gasteiger partial charge in [0, 0.05) is 12.6 Å². The van der Waals surface area contributed by atoms with Crippen molar-refractivity contribution in [1.82, 2.24) is 5.32 Å². The predicted octanol–water partition coefficient (Wildman–Crippen LogP) is 1.54. The zero-order valence-corrected chi connectivity index (χ0v) is 8.34. The Morgan fingerprint density at radius 3 is 2.77 bits per heavy atom. The number of piperidine rings is 1. The van der Waals surface area contributed by atoms with Crippen LogP contribution in [0.25, 0.3) is 0 Å². The third kappa shape index (κ3) is 2.05. The van der Waals surface area contributed by atoms with E-state index >= 15 is 0 Å². The Labute approximate surface area is 80.7 Å². The van der Waals surface area contributed by atoms with Crippen molar-refractivity contribution in [2.24, 2.45) is 11.8 Å². The van der Waals surface area contributed by atoms with Gasteiger partial charge in [-0.15, -0.1) is 0 Å². The van der Waals surface area contributed by atoms with E-state index in [1.54, 1.807) is 0 Å². The molecule has 1 saturated heterocycles. The molecule has 2 aliphatic rings. The Kier molecular flexibility index (Phi) is 3.23. The lowest BCUT2D eigenvalue weighted by molar-refractivity contribution is 0.107. The molecule has 0 radical (unpaired) electrons. The Morgan fingerprint density at radius 1 is 1.08 bits per heavy atom. The van der Waals surface area contributed by atoms with Gasteiger partial charge >= 0.3 is 0 Å². The predicted molar refractivity (Wildman–Crippen MR) is 53.6 cm³/mol. The van der Waals surface area contributed by atoms with E-state index in [2.05, 4.69) is 5.32 Å². The average molecular weight is 183 g/mol. The SMILES string of the molecule is OCC1CCNC2CCCCCC12. The van der Waals surface area contributed by atoms with Crippen LogP contribution in [0.15, 0.2) is 0 Å². The topological polar surface area (TPSA) is 32.3 Å². The second-order valence-corrected chi connectivity index (χ2v) is 4.59. The van der Waals surface area contributed by atoms with Crippen molar-refractivity contribution in [3.63, 3.8) is 0 Å². The van der Waals surface area contributed by atoms with Crippen LogP contribution in [0, 0.1) is 11.8 Å². The maximum absolute atomic E-state index is 9.29. The van der Waals surface area contributed by atoms with Gasteiger partial charge in [0.25, 0.3) is 0 Å². The van der Waals surface area contributed by atoms with Crippen LogP contribution < -0.4 is 5.32 Å². The summed E-state index contributed by atoms with van der Waals surface area (Å²) < 4.78 is 0. The number of nitrogens with one attached hydrogen (secondary N) is 1. The number of hydrogen-bond acceptors (Lipinski definition) is 2. The molecule has 2 rings (SSSR count). The molecule has 0 amide bonds. The molecule has 1 heterocycles. The van der Waals surface area contributed by atoms with E-state index in [0.29, 0.717) is 18.6 Å². The molecule has 0 aromatic heterocycles. The third-order valence-corrected chi connectivity index (χ3v) is 3.83. The molecule has 3 atom stereocenters. The highest BCUT2D eigenvalue weighted by atomic mass is 16.3. The van der Waals surface area contributed by atoms with Crippen molar-refractivity contribution in [3.8, 4) is 0 Å². The van der Waals surface area contributed by atoms with Crippen molar-refractivity contribution < 1.29 is 5.11 Å². The highest BCUT2D eigenvalue weighted by Gasteiger charge is 2.32. The molecule has 13 heavy (non-hydrogen) atoms. The van der Waals surface area contributed by atoms with Gasteiger partial charge in [-0.1, -0.05) is 19.3 Å². The van der Waals surface area contributed by atoms with Gasteiger partial charge in [0.2, 0.25) is 0 Å². The quantitative estimate of drug-likeness (QED) is 0.646. The van der Waals surface area contributed by atoms with E-state index in [1.165, 1.54) is 38.5 Å². The number of aliphatic hydroxyl groups is 1. The van der Waals surface area contributed by atoms with E-state index in [1.807, 2.05) is 0 Å². The molecule has 0 spiro atoms. The van der Waals surface area contributed by atoms with Gasteiger partial charge < -0.3 is 10.4 Å². The fraction of sp³-hybridized carbons (Fsp3) is 1.00. The van der Waals surface area contributed by atoms with Gasteiger partial charge in [-0.2, -0.15) is 0 Å². The highest BCUT2D eigenvalue weighted by molar-refractivity contribution is 4.88. The summed E-state index contributed by atoms with van der Waals surface area (Å²) in [5.74, 6) is 1.35. The first-order chi connectivity index (χ1) is 6.42. The highest BCUT2D eigenvalue weighted by Crippen LogP contribution is 2.33. The fourth-order valence-electron chi connectivity index (χ4n) is 3.05. The smallest absolute Gasteiger partial charge is 0.0462 e. The molecule has 2 fully saturated rings. The van der Waals surface area contributed by atoms with Crippen LogP contribution >= 0.6 is 0 Å². The Morgan fingerprint density at radius 2 is 1.92 bits per heavy atom. The summed E-state index contributed by atoms with van der Waals surface area (Å²) in [6.07, 6.45) is 8.00. The molecule has 0 aromatic rings. The first-order valence-electron chi connectivity index (χ1n) is 5.76. The van der Waals surface area contributed by atoms with Crippen LogP contribution in [0.5, 0.6) is 0 Å². The van der Waals surface area contributed by atoms with E-state index < -0.39 is 0 Å². The van der Waals surface area contributed by atoms with Crippen molar-refractivity contribution in [2.45, 2.75) is 44.6 Å². The molecule has 76 valence electrons. The first kappa shape index (κ1) is 9.47. The molecule has 1 aliphatic heterocycles. The van der Waals surface area contributed by atoms with Gasteiger partial charge in [-0.05, 0) is 37.6 Å². The summed E-state index contributed by atoms with van der Waals surface area (Å²) in [5, 5.41) is 12.9. The van der Waals surface area contributed by atoms with E-state index in [-0.39, 0.29) is 0 Å². The first-order valence-corrected chi connectivity index (χ1v) is 5.76. The molecule has 3 unspecified atom stereocenters. The zero-order chi connectivity index (χ0) is 9.10. The van der Waals surface area contributed by atoms with E-state index in [4.69, 9.17) is 0 Å². The van der Waals surface area contributed by atoms with Crippen LogP contribution in [0.1, 0.15) is 38.5 Å². The molecule has 0 aromatic carbocycles. The lowest BCUT2D eigenvalue weighted by atomic mass is 9.78. The molecule has 2 N–H and O–H groups in total. The van der Waals surface area contributed by atoms with Crippen LogP contribution in [0.3, 0.4) is 0 Å². The lowest BCUT2D eigenvalue weighted by Crippen LogP contribution is -2.46. The summed E-state index contributed by atoms with van der Waals surface area (Å²) in [5.41, 5.74) is 0. The summed E-state index contributed by atoms with van der Waals surface area (Å²) in [7, 11) is 0. The molecular formula is C11H21NO. The molecular weight excluding hydrogens is 162 g/mol. The number of hydrogen-bond donors (Lipinski definition) is 2. The summed E-state index contributed by atoms with van der Waals surface area (Å²) in [6.45, 7) is 1.52. The zero-order valence-electron chi connectivity index (χ0n) is 8.34. The normalized spacial score (nSPS) is 40.8. The molecule has 2 nitrogen and oxygen atoms in total. The fourth-order valence-corrected chi connectivity index (χ4v) is 3.05. The largest absolute Gasteiger partial charge is 0.396 e. The Bertz CT molecular complexity index is 160. The van der Waals surface area contributed by atoms with Crippen LogP contribution in [0.4, 0.5) is 0 Å². The third-order valence-electron chi connectivity index (χ3n) is 3.83. The monoisotopic (exact) mass is 183 g/mol. The van der Waals surface area contributed by atoms with Crippen molar-refractivity contribution in [2.75, 3.05) is 13.2 Å². The summed E-state index contributed by atoms with van der Waals surface area (Å²) in [4.78, 5) is 0. The van der Waals surface area contributed by atoms with Gasteiger partial charge in [-0.25, -0.2) is 0 Å². The molecule has 0 bridgehead atoms. The minimum Gasteiger partial charge on any atom is -0.396 e. The minimum atomic E-state index is 0.406. The summed E-state index contributed by atoms with van der Waals surface area (Å²) in [6, 6.07) is 0.716. The molecule has 2 heteroatoms. The van der Waals surface area contributed by atoms with Gasteiger partial charge in [0.05, 0.1) is 0 Å². The Hall–Kier alpha value is -0.0800. The lowest BCUT2D eigenvalue weighted by Gasteiger charge is -2.37. The molecule has 1 aliphatic carbocycles. The molecule has 1 saturated carbocycles.